The first-order chi connectivity index (χ1) is 22.7. The number of rotatable bonds is 11. The summed E-state index contributed by atoms with van der Waals surface area (Å²) in [4.78, 5) is 27.0. The van der Waals surface area contributed by atoms with E-state index in [1.165, 1.54) is 31.4 Å². The number of para-hydroxylation sites is 1. The number of hydrogen-bond donors (Lipinski definition) is 7. The van der Waals surface area contributed by atoms with Gasteiger partial charge in [0.15, 0.2) is 0 Å². The standard InChI is InChI=1S/C28H27N3O3.C7H17NO5/c32-27(33)22-15-17-23(18-16-22)31-25-14-8-7-13-24(25)26(21-11-5-2-6-12-21)29-30(28(31)34)19-20-9-3-1-4-10-20;1-8-2-4(10)6(12)7(13)5(11)3-9/h1,3-4,7-10,13-18,21H,2,5-6,11-12,19H2,(H,32,33);4-13H,2-3H2,1H3/t;4-,5+,6+,7+/m.0/s1. The summed E-state index contributed by atoms with van der Waals surface area (Å²) < 4.78 is 0. The van der Waals surface area contributed by atoms with Gasteiger partial charge in [-0.2, -0.15) is 5.10 Å². The molecule has 1 heterocycles. The second-order valence-corrected chi connectivity index (χ2v) is 11.7. The number of likely N-dealkylation sites (N-methyl/N-ethyl adjacent to an activating group) is 1. The fourth-order valence-electron chi connectivity index (χ4n) is 5.76. The van der Waals surface area contributed by atoms with Crippen molar-refractivity contribution in [2.24, 2.45) is 11.0 Å². The van der Waals surface area contributed by atoms with E-state index in [-0.39, 0.29) is 18.1 Å². The van der Waals surface area contributed by atoms with Crippen LogP contribution in [-0.4, -0.2) is 98.0 Å². The molecule has 7 N–H and O–H groups in total. The number of hydrogen-bond acceptors (Lipinski definition) is 9. The molecule has 12 heteroatoms. The summed E-state index contributed by atoms with van der Waals surface area (Å²) in [6.07, 6.45) is 0.0464. The van der Waals surface area contributed by atoms with Crippen molar-refractivity contribution < 1.29 is 40.2 Å². The number of aromatic carboxylic acids is 1. The van der Waals surface area contributed by atoms with E-state index < -0.39 is 37.0 Å². The molecule has 0 bridgehead atoms. The number of carboxylic acids is 1. The van der Waals surface area contributed by atoms with Crippen LogP contribution in [0.2, 0.25) is 0 Å². The third-order valence-electron chi connectivity index (χ3n) is 8.34. The van der Waals surface area contributed by atoms with E-state index >= 15 is 0 Å². The van der Waals surface area contributed by atoms with E-state index in [0.29, 0.717) is 18.2 Å². The minimum Gasteiger partial charge on any atom is -0.478 e. The molecular weight excluding hydrogens is 604 g/mol. The van der Waals surface area contributed by atoms with Crippen LogP contribution in [0.25, 0.3) is 0 Å². The van der Waals surface area contributed by atoms with Crippen LogP contribution in [0.1, 0.15) is 53.6 Å². The van der Waals surface area contributed by atoms with Crippen LogP contribution in [0, 0.1) is 5.92 Å². The molecule has 12 nitrogen and oxygen atoms in total. The second-order valence-electron chi connectivity index (χ2n) is 11.7. The van der Waals surface area contributed by atoms with Crippen molar-refractivity contribution in [2.45, 2.75) is 63.1 Å². The molecule has 0 radical (unpaired) electrons. The number of carboxylic acid groups (broad SMARTS) is 1. The van der Waals surface area contributed by atoms with Gasteiger partial charge in [-0.1, -0.05) is 67.8 Å². The van der Waals surface area contributed by atoms with Gasteiger partial charge in [0, 0.05) is 18.0 Å². The van der Waals surface area contributed by atoms with Crippen molar-refractivity contribution in [3.8, 4) is 0 Å². The molecule has 252 valence electrons. The number of fused-ring (bicyclic) bond motifs is 1. The molecule has 1 fully saturated rings. The predicted octanol–water partition coefficient (Wildman–Crippen LogP) is 3.08. The lowest BCUT2D eigenvalue weighted by Crippen LogP contribution is -2.48. The largest absolute Gasteiger partial charge is 0.478 e. The van der Waals surface area contributed by atoms with E-state index in [1.807, 2.05) is 54.6 Å². The Morgan fingerprint density at radius 3 is 2.11 bits per heavy atom. The maximum absolute atomic E-state index is 14.0. The Labute approximate surface area is 274 Å². The van der Waals surface area contributed by atoms with Crippen molar-refractivity contribution in [3.05, 3.63) is 95.6 Å². The highest BCUT2D eigenvalue weighted by Gasteiger charge is 2.34. The Hall–Kier alpha value is -4.17. The van der Waals surface area contributed by atoms with Crippen molar-refractivity contribution in [3.63, 3.8) is 0 Å². The van der Waals surface area contributed by atoms with Crippen molar-refractivity contribution in [1.82, 2.24) is 10.3 Å². The fraction of sp³-hybridized carbons (Fsp3) is 0.400. The molecule has 0 spiro atoms. The predicted molar refractivity (Wildman–Crippen MR) is 178 cm³/mol. The zero-order valence-corrected chi connectivity index (χ0v) is 26.4. The van der Waals surface area contributed by atoms with Crippen LogP contribution in [-0.2, 0) is 6.54 Å². The highest BCUT2D eigenvalue weighted by atomic mass is 16.4. The summed E-state index contributed by atoms with van der Waals surface area (Å²) in [7, 11) is 1.57. The molecule has 1 aliphatic heterocycles. The zero-order chi connectivity index (χ0) is 33.9. The lowest BCUT2D eigenvalue weighted by molar-refractivity contribution is -0.113. The number of nitrogens with zero attached hydrogens (tertiary/aromatic N) is 3. The molecule has 0 saturated heterocycles. The highest BCUT2D eigenvalue weighted by Crippen LogP contribution is 2.37. The lowest BCUT2D eigenvalue weighted by atomic mass is 9.83. The van der Waals surface area contributed by atoms with E-state index in [1.54, 1.807) is 29.1 Å². The zero-order valence-electron chi connectivity index (χ0n) is 26.4. The van der Waals surface area contributed by atoms with E-state index in [2.05, 4.69) is 5.32 Å². The average molecular weight is 649 g/mol. The van der Waals surface area contributed by atoms with Crippen LogP contribution in [0.4, 0.5) is 16.2 Å². The van der Waals surface area contributed by atoms with Gasteiger partial charge in [0.25, 0.3) is 0 Å². The fourth-order valence-corrected chi connectivity index (χ4v) is 5.76. The van der Waals surface area contributed by atoms with E-state index in [9.17, 15) is 19.8 Å². The van der Waals surface area contributed by atoms with Crippen molar-refractivity contribution in [1.29, 1.82) is 0 Å². The first kappa shape index (κ1) is 35.7. The topological polar surface area (TPSA) is 186 Å². The number of carbonyl (C=O) groups excluding carboxylic acids is 1. The van der Waals surface area contributed by atoms with Gasteiger partial charge in [0.1, 0.15) is 18.3 Å². The molecule has 2 amide bonds. The van der Waals surface area contributed by atoms with Crippen LogP contribution < -0.4 is 10.2 Å². The van der Waals surface area contributed by atoms with Gasteiger partial charge in [-0.05, 0) is 55.8 Å². The first-order valence-electron chi connectivity index (χ1n) is 15.8. The molecule has 2 aliphatic rings. The Morgan fingerprint density at radius 2 is 1.49 bits per heavy atom. The molecule has 0 unspecified atom stereocenters. The van der Waals surface area contributed by atoms with Crippen LogP contribution in [0.3, 0.4) is 0 Å². The normalized spacial score (nSPS) is 17.7. The average Bonchev–Trinajstić information content (AvgIpc) is 3.22. The van der Waals surface area contributed by atoms with Gasteiger partial charge >= 0.3 is 12.0 Å². The number of nitrogens with one attached hydrogen (secondary N) is 1. The molecule has 5 rings (SSSR count). The SMILES string of the molecule is CNC[C@H](O)[C@@H](O)[C@H](O)[C@H](O)CO.O=C(O)c1ccc(N2C(=O)N(Cc3ccccc3)N=C(C3CCCCC3)c3ccccc32)cc1. The van der Waals surface area contributed by atoms with Crippen LogP contribution in [0.5, 0.6) is 0 Å². The van der Waals surface area contributed by atoms with Crippen LogP contribution >= 0.6 is 0 Å². The maximum Gasteiger partial charge on any atom is 0.349 e. The number of carbonyl (C=O) groups is 2. The number of aliphatic hydroxyl groups is 5. The summed E-state index contributed by atoms with van der Waals surface area (Å²) in [6.45, 7) is -0.214. The molecule has 1 aliphatic carbocycles. The Morgan fingerprint density at radius 1 is 0.872 bits per heavy atom. The van der Waals surface area contributed by atoms with Gasteiger partial charge in [-0.25, -0.2) is 14.6 Å². The summed E-state index contributed by atoms with van der Waals surface area (Å²) in [5.41, 5.74) is 4.48. The minimum atomic E-state index is -1.55. The molecule has 4 atom stereocenters. The van der Waals surface area contributed by atoms with Gasteiger partial charge in [-0.3, -0.25) is 4.90 Å². The number of benzene rings is 3. The van der Waals surface area contributed by atoms with Crippen molar-refractivity contribution in [2.75, 3.05) is 25.1 Å². The summed E-state index contributed by atoms with van der Waals surface area (Å²) in [5.74, 6) is -0.696. The maximum atomic E-state index is 14.0. The van der Waals surface area contributed by atoms with Gasteiger partial charge in [-0.15, -0.1) is 0 Å². The van der Waals surface area contributed by atoms with E-state index in [4.69, 9.17) is 25.5 Å². The first-order valence-corrected chi connectivity index (χ1v) is 15.8. The third-order valence-corrected chi connectivity index (χ3v) is 8.34. The number of hydrazone groups is 1. The smallest absolute Gasteiger partial charge is 0.349 e. The van der Waals surface area contributed by atoms with Crippen molar-refractivity contribution >= 4 is 29.1 Å². The number of amides is 2. The second kappa shape index (κ2) is 17.1. The van der Waals surface area contributed by atoms with Gasteiger partial charge in [0.2, 0.25) is 0 Å². The molecular formula is C35H44N4O8. The molecule has 1 saturated carbocycles. The Kier molecular flexibility index (Phi) is 13.0. The molecule has 0 aromatic heterocycles. The lowest BCUT2D eigenvalue weighted by Gasteiger charge is -2.27. The molecule has 3 aromatic rings. The summed E-state index contributed by atoms with van der Waals surface area (Å²) >= 11 is 0. The number of aliphatic hydroxyl groups excluding tert-OH is 5. The Bertz CT molecular complexity index is 1480. The summed E-state index contributed by atoms with van der Waals surface area (Å²) in [6, 6.07) is 23.9. The van der Waals surface area contributed by atoms with Crippen LogP contribution in [0.15, 0.2) is 84.0 Å². The number of urea groups is 1. The quantitative estimate of drug-likeness (QED) is 0.164. The Balaban J connectivity index is 0.000000328. The number of anilines is 2. The monoisotopic (exact) mass is 648 g/mol. The highest BCUT2D eigenvalue weighted by molar-refractivity contribution is 6.13. The minimum absolute atomic E-state index is 0.0936. The molecule has 3 aromatic carbocycles. The molecule has 47 heavy (non-hydrogen) atoms. The third kappa shape index (κ3) is 9.01. The van der Waals surface area contributed by atoms with E-state index in [0.717, 1.165) is 35.4 Å². The van der Waals surface area contributed by atoms with Gasteiger partial charge in [0.05, 0.1) is 41.9 Å². The summed E-state index contributed by atoms with van der Waals surface area (Å²) in [5, 5.41) is 63.4. The van der Waals surface area contributed by atoms with Gasteiger partial charge < -0.3 is 36.0 Å².